The zero-order valence-electron chi connectivity index (χ0n) is 11.8. The number of carbonyl (C=O) groups excluding carboxylic acids is 1. The second kappa shape index (κ2) is 5.72. The van der Waals surface area contributed by atoms with Gasteiger partial charge in [-0.2, -0.15) is 0 Å². The Labute approximate surface area is 115 Å². The van der Waals surface area contributed by atoms with Crippen molar-refractivity contribution in [1.82, 2.24) is 10.2 Å². The van der Waals surface area contributed by atoms with Crippen LogP contribution in [0.5, 0.6) is 0 Å². The number of hydrogen-bond donors (Lipinski definition) is 2. The van der Waals surface area contributed by atoms with Crippen molar-refractivity contribution in [2.24, 2.45) is 5.73 Å². The molecule has 0 atom stereocenters. The van der Waals surface area contributed by atoms with E-state index < -0.39 is 5.54 Å². The summed E-state index contributed by atoms with van der Waals surface area (Å²) < 4.78 is 0. The second-order valence-electron chi connectivity index (χ2n) is 5.70. The third-order valence-electron chi connectivity index (χ3n) is 3.74. The van der Waals surface area contributed by atoms with Crippen molar-refractivity contribution in [1.29, 1.82) is 0 Å². The lowest BCUT2D eigenvalue weighted by molar-refractivity contribution is -0.129. The Kier molecular flexibility index (Phi) is 4.22. The molecule has 1 aromatic carbocycles. The van der Waals surface area contributed by atoms with Crippen molar-refractivity contribution >= 4 is 5.91 Å². The van der Waals surface area contributed by atoms with Gasteiger partial charge < -0.3 is 16.0 Å². The minimum Gasteiger partial charge on any atom is -0.350 e. The molecule has 0 unspecified atom stereocenters. The summed E-state index contributed by atoms with van der Waals surface area (Å²) in [5, 5.41) is 2.97. The molecule has 0 radical (unpaired) electrons. The highest BCUT2D eigenvalue weighted by Gasteiger charge is 2.39. The van der Waals surface area contributed by atoms with Gasteiger partial charge in [-0.25, -0.2) is 0 Å². The fourth-order valence-electron chi connectivity index (χ4n) is 2.36. The lowest BCUT2D eigenvalue weighted by atomic mass is 9.77. The molecule has 104 valence electrons. The highest BCUT2D eigenvalue weighted by molar-refractivity contribution is 5.86. The molecular formula is C15H23N3O. The molecule has 0 heterocycles. The predicted octanol–water partition coefficient (Wildman–Crippen LogP) is 1.25. The van der Waals surface area contributed by atoms with E-state index in [0.29, 0.717) is 6.54 Å². The third-order valence-corrected chi connectivity index (χ3v) is 3.74. The molecule has 0 aromatic heterocycles. The van der Waals surface area contributed by atoms with Gasteiger partial charge in [0.1, 0.15) is 0 Å². The average Bonchev–Trinajstić information content (AvgIpc) is 2.34. The molecule has 1 fully saturated rings. The number of amides is 1. The summed E-state index contributed by atoms with van der Waals surface area (Å²) in [6.45, 7) is 1.43. The van der Waals surface area contributed by atoms with Crippen LogP contribution in [0.15, 0.2) is 24.3 Å². The summed E-state index contributed by atoms with van der Waals surface area (Å²) in [5.74, 6) is -0.0154. The van der Waals surface area contributed by atoms with Gasteiger partial charge in [0.15, 0.2) is 0 Å². The van der Waals surface area contributed by atoms with Crippen molar-refractivity contribution in [3.8, 4) is 0 Å². The van der Waals surface area contributed by atoms with Crippen LogP contribution in [0.3, 0.4) is 0 Å². The fourth-order valence-corrected chi connectivity index (χ4v) is 2.36. The van der Waals surface area contributed by atoms with Crippen molar-refractivity contribution in [2.45, 2.75) is 37.9 Å². The van der Waals surface area contributed by atoms with E-state index in [9.17, 15) is 4.79 Å². The Hall–Kier alpha value is -1.39. The van der Waals surface area contributed by atoms with Crippen LogP contribution in [0.1, 0.15) is 30.4 Å². The maximum Gasteiger partial charge on any atom is 0.240 e. The van der Waals surface area contributed by atoms with Crippen molar-refractivity contribution in [3.05, 3.63) is 35.4 Å². The molecule has 4 heteroatoms. The first-order valence-corrected chi connectivity index (χ1v) is 6.80. The first-order valence-electron chi connectivity index (χ1n) is 6.80. The Balaban J connectivity index is 1.97. The molecule has 3 N–H and O–H groups in total. The van der Waals surface area contributed by atoms with E-state index in [4.69, 9.17) is 5.73 Å². The number of benzene rings is 1. The van der Waals surface area contributed by atoms with Crippen LogP contribution >= 0.6 is 0 Å². The standard InChI is InChI=1S/C15H23N3O/c1-18(2)11-13-7-4-3-6-12(13)10-17-14(19)15(16)8-5-9-15/h3-4,6-7H,5,8-11,16H2,1-2H3,(H,17,19). The second-order valence-corrected chi connectivity index (χ2v) is 5.70. The van der Waals surface area contributed by atoms with Crippen LogP contribution in [-0.2, 0) is 17.9 Å². The number of hydrogen-bond acceptors (Lipinski definition) is 3. The molecule has 0 bridgehead atoms. The van der Waals surface area contributed by atoms with Crippen LogP contribution in [-0.4, -0.2) is 30.4 Å². The normalized spacial score (nSPS) is 17.1. The Morgan fingerprint density at radius 1 is 1.32 bits per heavy atom. The molecule has 1 aromatic rings. The molecule has 1 saturated carbocycles. The largest absolute Gasteiger partial charge is 0.350 e. The van der Waals surface area contributed by atoms with Crippen LogP contribution in [0, 0.1) is 0 Å². The van der Waals surface area contributed by atoms with E-state index in [2.05, 4.69) is 22.3 Å². The van der Waals surface area contributed by atoms with Gasteiger partial charge in [-0.3, -0.25) is 4.79 Å². The molecule has 1 amide bonds. The van der Waals surface area contributed by atoms with Crippen molar-refractivity contribution in [3.63, 3.8) is 0 Å². The Bertz CT molecular complexity index is 452. The first-order chi connectivity index (χ1) is 9.01. The number of nitrogens with one attached hydrogen (secondary N) is 1. The van der Waals surface area contributed by atoms with Crippen molar-refractivity contribution in [2.75, 3.05) is 14.1 Å². The quantitative estimate of drug-likeness (QED) is 0.838. The number of carbonyl (C=O) groups is 1. The summed E-state index contributed by atoms with van der Waals surface area (Å²) in [7, 11) is 4.08. The molecule has 4 nitrogen and oxygen atoms in total. The van der Waals surface area contributed by atoms with Gasteiger partial charge in [0.05, 0.1) is 5.54 Å². The molecule has 1 aliphatic carbocycles. The summed E-state index contributed by atoms with van der Waals surface area (Å²) in [6, 6.07) is 8.19. The van der Waals surface area contributed by atoms with E-state index in [1.165, 1.54) is 5.56 Å². The smallest absolute Gasteiger partial charge is 0.240 e. The zero-order valence-corrected chi connectivity index (χ0v) is 11.8. The Morgan fingerprint density at radius 3 is 2.47 bits per heavy atom. The van der Waals surface area contributed by atoms with Gasteiger partial charge in [0, 0.05) is 13.1 Å². The summed E-state index contributed by atoms with van der Waals surface area (Å²) in [4.78, 5) is 14.1. The monoisotopic (exact) mass is 261 g/mol. The molecule has 19 heavy (non-hydrogen) atoms. The topological polar surface area (TPSA) is 58.4 Å². The number of rotatable bonds is 5. The number of nitrogens with zero attached hydrogens (tertiary/aromatic N) is 1. The summed E-state index contributed by atoms with van der Waals surface area (Å²) in [5.41, 5.74) is 7.80. The average molecular weight is 261 g/mol. The summed E-state index contributed by atoms with van der Waals surface area (Å²) >= 11 is 0. The summed E-state index contributed by atoms with van der Waals surface area (Å²) in [6.07, 6.45) is 2.66. The predicted molar refractivity (Wildman–Crippen MR) is 76.4 cm³/mol. The number of nitrogens with two attached hydrogens (primary N) is 1. The first kappa shape index (κ1) is 14.0. The lowest BCUT2D eigenvalue weighted by Gasteiger charge is -2.36. The van der Waals surface area contributed by atoms with E-state index in [1.807, 2.05) is 26.2 Å². The van der Waals surface area contributed by atoms with Gasteiger partial charge in [0.25, 0.3) is 0 Å². The van der Waals surface area contributed by atoms with E-state index in [1.54, 1.807) is 0 Å². The molecule has 2 rings (SSSR count). The highest BCUT2D eigenvalue weighted by atomic mass is 16.2. The molecule has 1 aliphatic rings. The van der Waals surface area contributed by atoms with Gasteiger partial charge in [-0.1, -0.05) is 24.3 Å². The SMILES string of the molecule is CN(C)Cc1ccccc1CNC(=O)C1(N)CCC1. The van der Waals surface area contributed by atoms with Gasteiger partial charge in [-0.05, 0) is 44.5 Å². The Morgan fingerprint density at radius 2 is 1.95 bits per heavy atom. The van der Waals surface area contributed by atoms with E-state index >= 15 is 0 Å². The molecule has 0 aliphatic heterocycles. The molecular weight excluding hydrogens is 238 g/mol. The lowest BCUT2D eigenvalue weighted by Crippen LogP contribution is -2.58. The van der Waals surface area contributed by atoms with Crippen LogP contribution in [0.25, 0.3) is 0 Å². The fraction of sp³-hybridized carbons (Fsp3) is 0.533. The van der Waals surface area contributed by atoms with E-state index in [0.717, 1.165) is 31.4 Å². The zero-order chi connectivity index (χ0) is 13.9. The van der Waals surface area contributed by atoms with Gasteiger partial charge in [0.2, 0.25) is 5.91 Å². The highest BCUT2D eigenvalue weighted by Crippen LogP contribution is 2.29. The maximum absolute atomic E-state index is 12.0. The van der Waals surface area contributed by atoms with Crippen LogP contribution < -0.4 is 11.1 Å². The minimum atomic E-state index is -0.615. The van der Waals surface area contributed by atoms with Crippen LogP contribution in [0.2, 0.25) is 0 Å². The van der Waals surface area contributed by atoms with E-state index in [-0.39, 0.29) is 5.91 Å². The minimum absolute atomic E-state index is 0.0154. The van der Waals surface area contributed by atoms with Crippen LogP contribution in [0.4, 0.5) is 0 Å². The van der Waals surface area contributed by atoms with Gasteiger partial charge in [-0.15, -0.1) is 0 Å². The van der Waals surface area contributed by atoms with Gasteiger partial charge >= 0.3 is 0 Å². The molecule has 0 spiro atoms. The molecule has 0 saturated heterocycles. The third kappa shape index (κ3) is 3.33. The maximum atomic E-state index is 12.0. The van der Waals surface area contributed by atoms with Crippen molar-refractivity contribution < 1.29 is 4.79 Å².